The molecule has 1 aliphatic rings. The van der Waals surface area contributed by atoms with Gasteiger partial charge in [-0.2, -0.15) is 0 Å². The minimum atomic E-state index is -0.245. The predicted molar refractivity (Wildman–Crippen MR) is 82.3 cm³/mol. The van der Waals surface area contributed by atoms with Gasteiger partial charge in [-0.25, -0.2) is 9.37 Å². The number of fused-ring (bicyclic) bond motifs is 1. The molecule has 21 heavy (non-hydrogen) atoms. The number of alkyl halides is 1. The first kappa shape index (κ1) is 14.8. The van der Waals surface area contributed by atoms with Gasteiger partial charge in [0.2, 0.25) is 0 Å². The molecule has 1 fully saturated rings. The number of hydrogen-bond acceptors (Lipinski definition) is 2. The molecule has 1 heterocycles. The molecular weight excluding hydrogens is 291 g/mol. The Kier molecular flexibility index (Phi) is 4.18. The standard InChI is InChI=1S/C16H20ClFN2O/c1-21-9-7-16(5-6-16)11-20-14-3-2-12(18)10-13(14)19-15(20)4-8-17/h2-3,10H,4-9,11H2,1H3. The van der Waals surface area contributed by atoms with Crippen molar-refractivity contribution in [2.45, 2.75) is 32.2 Å². The number of rotatable bonds is 7. The maximum absolute atomic E-state index is 13.4. The van der Waals surface area contributed by atoms with Crippen molar-refractivity contribution in [3.8, 4) is 0 Å². The van der Waals surface area contributed by atoms with E-state index in [9.17, 15) is 4.39 Å². The summed E-state index contributed by atoms with van der Waals surface area (Å²) in [6.07, 6.45) is 4.21. The molecule has 3 nitrogen and oxygen atoms in total. The van der Waals surface area contributed by atoms with Gasteiger partial charge in [-0.15, -0.1) is 11.6 Å². The van der Waals surface area contributed by atoms with Gasteiger partial charge >= 0.3 is 0 Å². The largest absolute Gasteiger partial charge is 0.385 e. The van der Waals surface area contributed by atoms with Crippen LogP contribution in [0.5, 0.6) is 0 Å². The summed E-state index contributed by atoms with van der Waals surface area (Å²) >= 11 is 5.89. The van der Waals surface area contributed by atoms with Crippen LogP contribution < -0.4 is 0 Å². The third-order valence-corrected chi connectivity index (χ3v) is 4.58. The van der Waals surface area contributed by atoms with Crippen LogP contribution in [0.15, 0.2) is 18.2 Å². The van der Waals surface area contributed by atoms with Crippen LogP contribution in [0.4, 0.5) is 4.39 Å². The monoisotopic (exact) mass is 310 g/mol. The molecule has 1 aromatic heterocycles. The van der Waals surface area contributed by atoms with Crippen molar-refractivity contribution >= 4 is 22.6 Å². The first-order valence-corrected chi connectivity index (χ1v) is 7.90. The van der Waals surface area contributed by atoms with Gasteiger partial charge in [0.1, 0.15) is 11.6 Å². The maximum Gasteiger partial charge on any atom is 0.125 e. The average Bonchev–Trinajstić information content (AvgIpc) is 3.16. The quantitative estimate of drug-likeness (QED) is 0.728. The summed E-state index contributed by atoms with van der Waals surface area (Å²) in [7, 11) is 1.74. The summed E-state index contributed by atoms with van der Waals surface area (Å²) in [4.78, 5) is 4.56. The van der Waals surface area contributed by atoms with Gasteiger partial charge in [-0.1, -0.05) is 0 Å². The zero-order valence-corrected chi connectivity index (χ0v) is 13.0. The van der Waals surface area contributed by atoms with E-state index in [1.807, 2.05) is 6.07 Å². The molecule has 0 unspecified atom stereocenters. The molecule has 0 N–H and O–H groups in total. The third-order valence-electron chi connectivity index (χ3n) is 4.39. The smallest absolute Gasteiger partial charge is 0.125 e. The normalized spacial score (nSPS) is 16.5. The van der Waals surface area contributed by atoms with Gasteiger partial charge in [0.05, 0.1) is 11.0 Å². The van der Waals surface area contributed by atoms with Crippen LogP contribution in [0.3, 0.4) is 0 Å². The lowest BCUT2D eigenvalue weighted by molar-refractivity contribution is 0.167. The molecule has 0 atom stereocenters. The van der Waals surface area contributed by atoms with Crippen molar-refractivity contribution in [2.75, 3.05) is 19.6 Å². The first-order chi connectivity index (χ1) is 10.2. The maximum atomic E-state index is 13.4. The van der Waals surface area contributed by atoms with E-state index < -0.39 is 0 Å². The fourth-order valence-electron chi connectivity index (χ4n) is 2.92. The molecule has 1 aromatic carbocycles. The van der Waals surface area contributed by atoms with E-state index in [1.54, 1.807) is 7.11 Å². The number of imidazole rings is 1. The number of aryl methyl sites for hydroxylation is 1. The van der Waals surface area contributed by atoms with E-state index in [0.29, 0.717) is 17.7 Å². The zero-order valence-electron chi connectivity index (χ0n) is 12.2. The Labute approximate surface area is 129 Å². The summed E-state index contributed by atoms with van der Waals surface area (Å²) in [6.45, 7) is 1.71. The second kappa shape index (κ2) is 5.93. The van der Waals surface area contributed by atoms with Gasteiger partial charge in [0.25, 0.3) is 0 Å². The Hall–Kier alpha value is -1.13. The highest BCUT2D eigenvalue weighted by Gasteiger charge is 2.42. The van der Waals surface area contributed by atoms with Crippen LogP contribution in [0, 0.1) is 11.2 Å². The lowest BCUT2D eigenvalue weighted by Gasteiger charge is -2.18. The summed E-state index contributed by atoms with van der Waals surface area (Å²) in [6, 6.07) is 4.82. The van der Waals surface area contributed by atoms with E-state index >= 15 is 0 Å². The predicted octanol–water partition coefficient (Wildman–Crippen LogP) is 3.77. The summed E-state index contributed by atoms with van der Waals surface area (Å²) in [5, 5.41) is 0. The van der Waals surface area contributed by atoms with Gasteiger partial charge in [-0.3, -0.25) is 0 Å². The molecule has 0 bridgehead atoms. The Balaban J connectivity index is 1.94. The first-order valence-electron chi connectivity index (χ1n) is 7.37. The number of ether oxygens (including phenoxy) is 1. The van der Waals surface area contributed by atoms with Crippen LogP contribution in [0.25, 0.3) is 11.0 Å². The summed E-state index contributed by atoms with van der Waals surface area (Å²) < 4.78 is 20.8. The Morgan fingerprint density at radius 2 is 2.24 bits per heavy atom. The van der Waals surface area contributed by atoms with Crippen LogP contribution in [0.1, 0.15) is 25.1 Å². The molecule has 0 aliphatic heterocycles. The highest BCUT2D eigenvalue weighted by molar-refractivity contribution is 6.17. The molecule has 0 amide bonds. The molecule has 3 rings (SSSR count). The van der Waals surface area contributed by atoms with Crippen molar-refractivity contribution in [3.05, 3.63) is 29.8 Å². The molecule has 1 aliphatic carbocycles. The zero-order chi connectivity index (χ0) is 14.9. The molecule has 5 heteroatoms. The number of halogens is 2. The lowest BCUT2D eigenvalue weighted by atomic mass is 10.0. The molecule has 114 valence electrons. The van der Waals surface area contributed by atoms with Crippen molar-refractivity contribution in [2.24, 2.45) is 5.41 Å². The minimum absolute atomic E-state index is 0.245. The minimum Gasteiger partial charge on any atom is -0.385 e. The van der Waals surface area contributed by atoms with Gasteiger partial charge in [0, 0.05) is 38.6 Å². The highest BCUT2D eigenvalue weighted by Crippen LogP contribution is 2.50. The van der Waals surface area contributed by atoms with Crippen molar-refractivity contribution in [1.29, 1.82) is 0 Å². The fraction of sp³-hybridized carbons (Fsp3) is 0.562. The topological polar surface area (TPSA) is 27.1 Å². The van der Waals surface area contributed by atoms with E-state index in [1.165, 1.54) is 25.0 Å². The van der Waals surface area contributed by atoms with E-state index in [4.69, 9.17) is 16.3 Å². The van der Waals surface area contributed by atoms with Gasteiger partial charge in [-0.05, 0) is 36.8 Å². The molecular formula is C16H20ClFN2O. The molecule has 1 saturated carbocycles. The van der Waals surface area contributed by atoms with E-state index in [0.717, 1.165) is 36.4 Å². The third kappa shape index (κ3) is 3.06. The van der Waals surface area contributed by atoms with Crippen molar-refractivity contribution in [1.82, 2.24) is 9.55 Å². The SMILES string of the molecule is COCCC1(Cn2c(CCCl)nc3cc(F)ccc32)CC1. The van der Waals surface area contributed by atoms with Crippen molar-refractivity contribution < 1.29 is 9.13 Å². The number of benzene rings is 1. The van der Waals surface area contributed by atoms with Crippen LogP contribution >= 0.6 is 11.6 Å². The molecule has 0 radical (unpaired) electrons. The van der Waals surface area contributed by atoms with Crippen LogP contribution in [-0.4, -0.2) is 29.1 Å². The number of aromatic nitrogens is 2. The van der Waals surface area contributed by atoms with E-state index in [2.05, 4.69) is 9.55 Å². The second-order valence-corrected chi connectivity index (χ2v) is 6.31. The van der Waals surface area contributed by atoms with E-state index in [-0.39, 0.29) is 5.82 Å². The van der Waals surface area contributed by atoms with Crippen LogP contribution in [-0.2, 0) is 17.7 Å². The number of nitrogens with zero attached hydrogens (tertiary/aromatic N) is 2. The number of methoxy groups -OCH3 is 1. The highest BCUT2D eigenvalue weighted by atomic mass is 35.5. The molecule has 0 saturated heterocycles. The number of hydrogen-bond donors (Lipinski definition) is 0. The lowest BCUT2D eigenvalue weighted by Crippen LogP contribution is -2.16. The van der Waals surface area contributed by atoms with Gasteiger partial charge < -0.3 is 9.30 Å². The Morgan fingerprint density at radius 3 is 2.90 bits per heavy atom. The van der Waals surface area contributed by atoms with Crippen LogP contribution in [0.2, 0.25) is 0 Å². The Morgan fingerprint density at radius 1 is 1.43 bits per heavy atom. The second-order valence-electron chi connectivity index (χ2n) is 5.93. The molecule has 2 aromatic rings. The Bertz CT molecular complexity index is 636. The average molecular weight is 311 g/mol. The summed E-state index contributed by atoms with van der Waals surface area (Å²) in [5.41, 5.74) is 2.04. The van der Waals surface area contributed by atoms with Crippen molar-refractivity contribution in [3.63, 3.8) is 0 Å². The summed E-state index contributed by atoms with van der Waals surface area (Å²) in [5.74, 6) is 1.23. The fourth-order valence-corrected chi connectivity index (χ4v) is 3.09. The molecule has 0 spiro atoms. The van der Waals surface area contributed by atoms with Gasteiger partial charge in [0.15, 0.2) is 0 Å².